The zero-order chi connectivity index (χ0) is 34.5. The van der Waals surface area contributed by atoms with Gasteiger partial charge in [-0.15, -0.1) is 0 Å². The minimum absolute atomic E-state index is 0.0956. The Morgan fingerprint density at radius 2 is 1.28 bits per heavy atom. The van der Waals surface area contributed by atoms with Crippen molar-refractivity contribution in [3.8, 4) is 5.75 Å². The van der Waals surface area contributed by atoms with Gasteiger partial charge in [-0.1, -0.05) is 27.7 Å². The van der Waals surface area contributed by atoms with Crippen LogP contribution in [0.1, 0.15) is 98.3 Å². The smallest absolute Gasteiger partial charge is 0.351 e. The van der Waals surface area contributed by atoms with E-state index in [1.807, 2.05) is 27.7 Å². The van der Waals surface area contributed by atoms with Gasteiger partial charge in [-0.25, -0.2) is 14.4 Å². The summed E-state index contributed by atoms with van der Waals surface area (Å²) in [5.74, 6) is -2.29. The van der Waals surface area contributed by atoms with Crippen LogP contribution in [0.3, 0.4) is 0 Å². The highest BCUT2D eigenvalue weighted by Gasteiger charge is 2.78. The van der Waals surface area contributed by atoms with E-state index in [-0.39, 0.29) is 34.2 Å². The predicted molar refractivity (Wildman–Crippen MR) is 168 cm³/mol. The fourth-order valence-corrected chi connectivity index (χ4v) is 9.06. The Bertz CT molecular complexity index is 1890. The van der Waals surface area contributed by atoms with Crippen LogP contribution in [0, 0.1) is 28.6 Å². The molecule has 4 fully saturated rings. The molecule has 0 spiro atoms. The molecule has 1 aromatic carbocycles. The number of aryl methyl sites for hydroxylation is 1. The van der Waals surface area contributed by atoms with E-state index >= 15 is 0 Å². The van der Waals surface area contributed by atoms with Crippen molar-refractivity contribution in [3.05, 3.63) is 38.2 Å². The van der Waals surface area contributed by atoms with E-state index in [4.69, 9.17) is 28.1 Å². The van der Waals surface area contributed by atoms with E-state index in [1.165, 1.54) is 0 Å². The summed E-state index contributed by atoms with van der Waals surface area (Å²) in [5, 5.41) is 0.542. The minimum atomic E-state index is -1.60. The fourth-order valence-electron chi connectivity index (χ4n) is 8.76. The number of benzene rings is 1. The first-order valence-electron chi connectivity index (χ1n) is 16.0. The lowest BCUT2D eigenvalue weighted by Gasteiger charge is -2.45. The Kier molecular flexibility index (Phi) is 6.28. The second-order valence-corrected chi connectivity index (χ2v) is 16.7. The van der Waals surface area contributed by atoms with Crippen molar-refractivity contribution in [3.63, 3.8) is 0 Å². The third-order valence-corrected chi connectivity index (χ3v) is 14.1. The van der Waals surface area contributed by atoms with Crippen LogP contribution in [0.4, 0.5) is 0 Å². The molecule has 0 N–H and O–H groups in total. The molecule has 4 unspecified atom stereocenters. The average molecular weight is 716 g/mol. The number of carbonyl (C=O) groups is 4. The predicted octanol–water partition coefficient (Wildman–Crippen LogP) is 5.77. The highest BCUT2D eigenvalue weighted by Crippen LogP contribution is 2.67. The van der Waals surface area contributed by atoms with Gasteiger partial charge in [0.15, 0.2) is 12.2 Å². The summed E-state index contributed by atoms with van der Waals surface area (Å²) in [6.45, 7) is 16.0. The Morgan fingerprint density at radius 3 is 1.74 bits per heavy atom. The molecule has 11 nitrogen and oxygen atoms in total. The molecular formula is C35H39BrO11. The van der Waals surface area contributed by atoms with Crippen molar-refractivity contribution in [1.29, 1.82) is 0 Å². The highest BCUT2D eigenvalue weighted by molar-refractivity contribution is 9.10. The molecule has 4 heterocycles. The largest absolute Gasteiger partial charge is 0.483 e. The zero-order valence-electron chi connectivity index (χ0n) is 28.0. The summed E-state index contributed by atoms with van der Waals surface area (Å²) in [6.07, 6.45) is -1.33. The summed E-state index contributed by atoms with van der Waals surface area (Å²) in [4.78, 5) is 67.9. The van der Waals surface area contributed by atoms with Crippen molar-refractivity contribution in [2.45, 2.75) is 117 Å². The molecule has 6 atom stereocenters. The molecule has 0 radical (unpaired) electrons. The number of carbonyl (C=O) groups excluding carboxylic acids is 4. The van der Waals surface area contributed by atoms with Gasteiger partial charge < -0.3 is 28.1 Å². The molecule has 5 aliphatic rings. The zero-order valence-corrected chi connectivity index (χ0v) is 29.6. The molecule has 3 aliphatic heterocycles. The van der Waals surface area contributed by atoms with Crippen LogP contribution >= 0.6 is 15.9 Å². The number of ether oxygens (including phenoxy) is 5. The molecule has 2 saturated carbocycles. The van der Waals surface area contributed by atoms with E-state index < -0.39 is 80.2 Å². The summed E-state index contributed by atoms with van der Waals surface area (Å²) in [5.41, 5.74) is -7.90. The van der Waals surface area contributed by atoms with Gasteiger partial charge in [0.1, 0.15) is 21.4 Å². The summed E-state index contributed by atoms with van der Waals surface area (Å²) in [6, 6.07) is 3.42. The molecule has 0 amide bonds. The van der Waals surface area contributed by atoms with Crippen molar-refractivity contribution in [1.82, 2.24) is 0 Å². The first-order chi connectivity index (χ1) is 21.6. The van der Waals surface area contributed by atoms with Crippen molar-refractivity contribution >= 4 is 50.8 Å². The molecule has 47 heavy (non-hydrogen) atoms. The molecule has 2 aromatic rings. The van der Waals surface area contributed by atoms with Gasteiger partial charge in [-0.2, -0.15) is 0 Å². The van der Waals surface area contributed by atoms with Crippen LogP contribution in [0.2, 0.25) is 0 Å². The molecule has 12 heteroatoms. The molecule has 7 rings (SSSR count). The van der Waals surface area contributed by atoms with Gasteiger partial charge in [0, 0.05) is 16.2 Å². The van der Waals surface area contributed by atoms with Crippen molar-refractivity contribution in [2.75, 3.05) is 0 Å². The topological polar surface area (TPSA) is 145 Å². The number of esters is 4. The molecule has 252 valence electrons. The van der Waals surface area contributed by atoms with Gasteiger partial charge in [0.05, 0.1) is 16.4 Å². The third kappa shape index (κ3) is 3.55. The fraction of sp³-hybridized carbons (Fsp3) is 0.629. The first-order valence-corrected chi connectivity index (χ1v) is 16.8. The highest BCUT2D eigenvalue weighted by atomic mass is 79.9. The maximum atomic E-state index is 14.5. The van der Waals surface area contributed by atoms with Crippen LogP contribution in [-0.2, 0) is 38.1 Å². The molecule has 2 aliphatic carbocycles. The third-order valence-electron chi connectivity index (χ3n) is 13.2. The van der Waals surface area contributed by atoms with Crippen LogP contribution in [-0.4, -0.2) is 46.8 Å². The van der Waals surface area contributed by atoms with Gasteiger partial charge in [0.2, 0.25) is 11.2 Å². The lowest BCUT2D eigenvalue weighted by molar-refractivity contribution is -0.217. The first kappa shape index (κ1) is 32.2. The Morgan fingerprint density at radius 1 is 0.766 bits per heavy atom. The monoisotopic (exact) mass is 714 g/mol. The summed E-state index contributed by atoms with van der Waals surface area (Å²) in [7, 11) is 0. The second kappa shape index (κ2) is 9.18. The van der Waals surface area contributed by atoms with E-state index in [9.17, 15) is 24.0 Å². The number of hydrogen-bond donors (Lipinski definition) is 0. The normalized spacial score (nSPS) is 36.8. The average Bonchev–Trinajstić information content (AvgIpc) is 3.45. The molecular weight excluding hydrogens is 676 g/mol. The second-order valence-electron chi connectivity index (χ2n) is 15.9. The van der Waals surface area contributed by atoms with Crippen LogP contribution in [0.15, 0.2) is 25.8 Å². The summed E-state index contributed by atoms with van der Waals surface area (Å²) < 4.78 is 36.8. The van der Waals surface area contributed by atoms with Gasteiger partial charge in [0.25, 0.3) is 0 Å². The van der Waals surface area contributed by atoms with Gasteiger partial charge in [-0.05, 0) is 93.9 Å². The quantitative estimate of drug-likeness (QED) is 0.216. The molecule has 1 aromatic heterocycles. The summed E-state index contributed by atoms with van der Waals surface area (Å²) >= 11 is 3.30. The van der Waals surface area contributed by atoms with Crippen LogP contribution in [0.25, 0.3) is 11.0 Å². The maximum absolute atomic E-state index is 14.5. The lowest BCUT2D eigenvalue weighted by atomic mass is 9.66. The standard InChI is InChI=1S/C35H39BrO11/c1-16-17-10-11-18-19(21(17)42-24(37)20(16)36)22(43-27(40)34-14-12-32(8,25(38)46-34)30(34,4)5)23(29(2,3)45-18)44-28(41)35-15-13-33(9,26(39)47-35)31(35,6)7/h10-11,22-23H,12-15H2,1-9H3/t22-,23-,32?,33?,34?,35?/m1/s1. The molecule has 2 saturated heterocycles. The minimum Gasteiger partial charge on any atom is -0.483 e. The Balaban J connectivity index is 1.38. The van der Waals surface area contributed by atoms with E-state index in [2.05, 4.69) is 15.9 Å². The number of halogens is 1. The molecule has 4 bridgehead atoms. The van der Waals surface area contributed by atoms with E-state index in [0.29, 0.717) is 23.8 Å². The van der Waals surface area contributed by atoms with Crippen LogP contribution in [0.5, 0.6) is 5.75 Å². The number of hydrogen-bond acceptors (Lipinski definition) is 11. The van der Waals surface area contributed by atoms with Crippen LogP contribution < -0.4 is 10.4 Å². The number of fused-ring (bicyclic) bond motifs is 7. The Hall–Kier alpha value is -3.41. The van der Waals surface area contributed by atoms with E-state index in [1.54, 1.807) is 46.8 Å². The van der Waals surface area contributed by atoms with Crippen molar-refractivity contribution in [2.24, 2.45) is 21.7 Å². The number of rotatable bonds is 4. The maximum Gasteiger partial charge on any atom is 0.351 e. The van der Waals surface area contributed by atoms with Crippen molar-refractivity contribution < 1.29 is 47.3 Å². The SMILES string of the molecule is Cc1c(Br)c(=O)oc2c3c(ccc12)OC(C)(C)[C@H](OC(=O)C12CCC(C)(C(=O)O1)C2(C)C)[C@@H]3OC(=O)C12CCC(C)(C(=O)O1)C2(C)C. The van der Waals surface area contributed by atoms with Gasteiger partial charge >= 0.3 is 29.5 Å². The lowest BCUT2D eigenvalue weighted by Crippen LogP contribution is -2.57. The van der Waals surface area contributed by atoms with E-state index in [0.717, 1.165) is 0 Å². The Labute approximate surface area is 280 Å². The van der Waals surface area contributed by atoms with Gasteiger partial charge in [-0.3, -0.25) is 9.59 Å².